The van der Waals surface area contributed by atoms with Crippen molar-refractivity contribution in [3.8, 4) is 11.5 Å². The average Bonchev–Trinajstić information content (AvgIpc) is 3.00. The molecule has 4 rings (SSSR count). The summed E-state index contributed by atoms with van der Waals surface area (Å²) in [6.45, 7) is 4.26. The normalized spacial score (nSPS) is 15.8. The molecule has 4 atom stereocenters. The first kappa shape index (κ1) is 30.3. The zero-order valence-electron chi connectivity index (χ0n) is 24.5. The van der Waals surface area contributed by atoms with Crippen LogP contribution in [0.3, 0.4) is 0 Å². The number of benzene rings is 4. The molecule has 2 N–H and O–H groups in total. The second-order valence-corrected chi connectivity index (χ2v) is 11.0. The van der Waals surface area contributed by atoms with Crippen molar-refractivity contribution >= 4 is 0 Å². The van der Waals surface area contributed by atoms with Gasteiger partial charge < -0.3 is 24.4 Å². The van der Waals surface area contributed by atoms with Gasteiger partial charge in [-0.2, -0.15) is 0 Å². The van der Waals surface area contributed by atoms with Gasteiger partial charge in [-0.25, -0.2) is 0 Å². The van der Waals surface area contributed by atoms with Crippen LogP contribution >= 0.6 is 0 Å². The molecule has 0 fully saturated rings. The quantitative estimate of drug-likeness (QED) is 0.185. The monoisotopic (exact) mass is 554 g/mol. The molecule has 4 unspecified atom stereocenters. The maximum absolute atomic E-state index is 10.8. The minimum Gasteiger partial charge on any atom is -0.497 e. The molecule has 0 radical (unpaired) electrons. The summed E-state index contributed by atoms with van der Waals surface area (Å²) in [7, 11) is 3.32. The summed E-state index contributed by atoms with van der Waals surface area (Å²) in [6, 6.07) is 36.4. The zero-order valence-corrected chi connectivity index (χ0v) is 24.5. The number of rotatable bonds is 14. The molecule has 4 aromatic carbocycles. The van der Waals surface area contributed by atoms with Gasteiger partial charge in [0.05, 0.1) is 39.6 Å². The largest absolute Gasteiger partial charge is 0.497 e. The van der Waals surface area contributed by atoms with E-state index in [-0.39, 0.29) is 0 Å². The molecule has 5 heteroatoms. The number of methoxy groups -OCH3 is 2. The van der Waals surface area contributed by atoms with Gasteiger partial charge in [0, 0.05) is 10.8 Å². The molecule has 41 heavy (non-hydrogen) atoms. The lowest BCUT2D eigenvalue weighted by molar-refractivity contribution is 0.0335. The Morgan fingerprint density at radius 3 is 1.24 bits per heavy atom. The molecule has 0 saturated heterocycles. The van der Waals surface area contributed by atoms with Crippen molar-refractivity contribution in [2.75, 3.05) is 27.4 Å². The Hall–Kier alpha value is -3.64. The van der Waals surface area contributed by atoms with Gasteiger partial charge in [0.15, 0.2) is 0 Å². The molecule has 4 aromatic rings. The van der Waals surface area contributed by atoms with Crippen LogP contribution in [0.15, 0.2) is 109 Å². The Labute approximate surface area is 244 Å². The Balaban J connectivity index is 1.82. The SMILES string of the molecule is COc1cccc(C(COCC(CC(C)O)(c2ccccc2)c2cccc(OC)c2)(CC(C)O)c2ccccc2)c1. The summed E-state index contributed by atoms with van der Waals surface area (Å²) in [6.07, 6.45) is -0.254. The van der Waals surface area contributed by atoms with Crippen LogP contribution in [0.4, 0.5) is 0 Å². The van der Waals surface area contributed by atoms with Crippen molar-refractivity contribution in [2.45, 2.75) is 49.7 Å². The summed E-state index contributed by atoms with van der Waals surface area (Å²) < 4.78 is 18.0. The predicted octanol–water partition coefficient (Wildman–Crippen LogP) is 6.53. The topological polar surface area (TPSA) is 68.2 Å². The molecule has 0 aliphatic rings. The lowest BCUT2D eigenvalue weighted by Gasteiger charge is -2.40. The predicted molar refractivity (Wildman–Crippen MR) is 164 cm³/mol. The minimum absolute atomic E-state index is 0.313. The summed E-state index contributed by atoms with van der Waals surface area (Å²) in [5.41, 5.74) is 2.82. The van der Waals surface area contributed by atoms with Crippen molar-refractivity contribution in [1.29, 1.82) is 0 Å². The molecular weight excluding hydrogens is 512 g/mol. The van der Waals surface area contributed by atoms with E-state index in [2.05, 4.69) is 36.4 Å². The molecule has 0 amide bonds. The second kappa shape index (κ2) is 13.8. The van der Waals surface area contributed by atoms with Crippen molar-refractivity contribution in [3.63, 3.8) is 0 Å². The fraction of sp³-hybridized carbons (Fsp3) is 0.333. The maximum atomic E-state index is 10.8. The van der Waals surface area contributed by atoms with Crippen LogP contribution in [0.2, 0.25) is 0 Å². The number of hydrogen-bond donors (Lipinski definition) is 2. The third kappa shape index (κ3) is 6.99. The average molecular weight is 555 g/mol. The van der Waals surface area contributed by atoms with Crippen molar-refractivity contribution in [2.24, 2.45) is 0 Å². The fourth-order valence-corrected chi connectivity index (χ4v) is 6.02. The summed E-state index contributed by atoms with van der Waals surface area (Å²) in [4.78, 5) is 0. The highest BCUT2D eigenvalue weighted by atomic mass is 16.5. The van der Waals surface area contributed by atoms with Gasteiger partial charge in [0.25, 0.3) is 0 Å². The standard InChI is InChI=1S/C36H42O5/c1-27(37)23-35(29-13-7-5-8-14-29,31-17-11-19-33(21-31)39-3)25-41-26-36(24-28(2)38,30-15-9-6-10-16-30)32-18-12-20-34(22-32)40-4/h5-22,27-28,37-38H,23-26H2,1-4H3. The van der Waals surface area contributed by atoms with Gasteiger partial charge in [0.2, 0.25) is 0 Å². The molecule has 0 aromatic heterocycles. The van der Waals surface area contributed by atoms with Gasteiger partial charge >= 0.3 is 0 Å². The molecule has 0 bridgehead atoms. The van der Waals surface area contributed by atoms with Gasteiger partial charge in [0.1, 0.15) is 11.5 Å². The number of ether oxygens (including phenoxy) is 3. The first-order chi connectivity index (χ1) is 19.8. The number of aliphatic hydroxyl groups excluding tert-OH is 2. The molecule has 0 heterocycles. The molecule has 0 aliphatic carbocycles. The molecule has 216 valence electrons. The maximum Gasteiger partial charge on any atom is 0.119 e. The van der Waals surface area contributed by atoms with E-state index >= 15 is 0 Å². The van der Waals surface area contributed by atoms with Crippen molar-refractivity contribution < 1.29 is 24.4 Å². The van der Waals surface area contributed by atoms with Crippen LogP contribution in [0.1, 0.15) is 48.9 Å². The van der Waals surface area contributed by atoms with Gasteiger partial charge in [-0.15, -0.1) is 0 Å². The number of aliphatic hydroxyl groups is 2. The first-order valence-electron chi connectivity index (χ1n) is 14.2. The fourth-order valence-electron chi connectivity index (χ4n) is 6.02. The Kier molecular flexibility index (Phi) is 10.2. The Bertz CT molecular complexity index is 1250. The van der Waals surface area contributed by atoms with Gasteiger partial charge in [-0.1, -0.05) is 84.9 Å². The summed E-state index contributed by atoms with van der Waals surface area (Å²) >= 11 is 0. The van der Waals surface area contributed by atoms with Crippen molar-refractivity contribution in [1.82, 2.24) is 0 Å². The van der Waals surface area contributed by atoms with E-state index < -0.39 is 23.0 Å². The highest BCUT2D eigenvalue weighted by Crippen LogP contribution is 2.42. The highest BCUT2D eigenvalue weighted by Gasteiger charge is 2.40. The van der Waals surface area contributed by atoms with E-state index in [4.69, 9.17) is 14.2 Å². The van der Waals surface area contributed by atoms with Crippen LogP contribution in [0, 0.1) is 0 Å². The van der Waals surface area contributed by atoms with Crippen LogP contribution in [0.5, 0.6) is 11.5 Å². The van der Waals surface area contributed by atoms with Crippen LogP contribution in [-0.2, 0) is 15.6 Å². The molecule has 0 spiro atoms. The second-order valence-electron chi connectivity index (χ2n) is 11.0. The smallest absolute Gasteiger partial charge is 0.119 e. The van der Waals surface area contributed by atoms with Gasteiger partial charge in [-0.3, -0.25) is 0 Å². The van der Waals surface area contributed by atoms with Crippen molar-refractivity contribution in [3.05, 3.63) is 131 Å². The third-order valence-corrected chi connectivity index (χ3v) is 7.88. The molecule has 0 aliphatic heterocycles. The zero-order chi connectivity index (χ0) is 29.3. The van der Waals surface area contributed by atoms with E-state index in [0.717, 1.165) is 33.8 Å². The minimum atomic E-state index is -0.647. The van der Waals surface area contributed by atoms with Crippen LogP contribution < -0.4 is 9.47 Å². The van der Waals surface area contributed by atoms with Crippen LogP contribution in [-0.4, -0.2) is 49.9 Å². The molecule has 0 saturated carbocycles. The number of hydrogen-bond acceptors (Lipinski definition) is 5. The lowest BCUT2D eigenvalue weighted by atomic mass is 9.70. The van der Waals surface area contributed by atoms with E-state index in [1.54, 1.807) is 14.2 Å². The lowest BCUT2D eigenvalue weighted by Crippen LogP contribution is -2.41. The van der Waals surface area contributed by atoms with E-state index in [1.165, 1.54) is 0 Å². The van der Waals surface area contributed by atoms with E-state index in [9.17, 15) is 10.2 Å². The summed E-state index contributed by atoms with van der Waals surface area (Å²) in [5, 5.41) is 21.6. The van der Waals surface area contributed by atoms with Gasteiger partial charge in [-0.05, 0) is 73.2 Å². The summed E-state index contributed by atoms with van der Waals surface area (Å²) in [5.74, 6) is 1.50. The van der Waals surface area contributed by atoms with E-state index in [1.807, 2.05) is 86.6 Å². The van der Waals surface area contributed by atoms with E-state index in [0.29, 0.717) is 26.1 Å². The molecule has 5 nitrogen and oxygen atoms in total. The van der Waals surface area contributed by atoms with Crippen LogP contribution in [0.25, 0.3) is 0 Å². The highest BCUT2D eigenvalue weighted by molar-refractivity contribution is 5.45. The first-order valence-corrected chi connectivity index (χ1v) is 14.2. The third-order valence-electron chi connectivity index (χ3n) is 7.88. The Morgan fingerprint density at radius 1 is 0.537 bits per heavy atom. The molecular formula is C36H42O5. The Morgan fingerprint density at radius 2 is 0.902 bits per heavy atom.